The number of hydrogen-bond donors (Lipinski definition) is 1. The van der Waals surface area contributed by atoms with Gasteiger partial charge in [0.15, 0.2) is 0 Å². The molecular formula is C17H17Cl2N3O2. The zero-order valence-electron chi connectivity index (χ0n) is 13.0. The second kappa shape index (κ2) is 7.38. The lowest BCUT2D eigenvalue weighted by Crippen LogP contribution is -2.46. The number of aromatic carboxylic acids is 1. The van der Waals surface area contributed by atoms with Crippen LogP contribution in [0, 0.1) is 0 Å². The number of benzene rings is 1. The summed E-state index contributed by atoms with van der Waals surface area (Å²) < 4.78 is 0. The molecule has 0 atom stereocenters. The molecular weight excluding hydrogens is 349 g/mol. The number of carbonyl (C=O) groups is 1. The van der Waals surface area contributed by atoms with E-state index in [1.807, 2.05) is 12.1 Å². The van der Waals surface area contributed by atoms with Crippen molar-refractivity contribution in [3.8, 4) is 0 Å². The van der Waals surface area contributed by atoms with E-state index in [1.165, 1.54) is 0 Å². The zero-order valence-corrected chi connectivity index (χ0v) is 14.5. The van der Waals surface area contributed by atoms with E-state index < -0.39 is 5.97 Å². The number of nitrogens with zero attached hydrogens (tertiary/aromatic N) is 3. The Kier molecular flexibility index (Phi) is 5.23. The molecule has 0 aliphatic carbocycles. The Morgan fingerprint density at radius 3 is 2.54 bits per heavy atom. The molecule has 5 nitrogen and oxygen atoms in total. The number of rotatable bonds is 4. The molecule has 0 spiro atoms. The van der Waals surface area contributed by atoms with E-state index >= 15 is 0 Å². The third-order valence-electron chi connectivity index (χ3n) is 4.13. The predicted molar refractivity (Wildman–Crippen MR) is 95.1 cm³/mol. The molecule has 1 aliphatic rings. The molecule has 0 radical (unpaired) electrons. The Hall–Kier alpha value is -1.82. The normalized spacial score (nSPS) is 15.5. The summed E-state index contributed by atoms with van der Waals surface area (Å²) in [5.41, 5.74) is 1.92. The Morgan fingerprint density at radius 2 is 1.88 bits per heavy atom. The standard InChI is InChI=1S/C17H17Cl2N3O2/c18-14-4-3-12(10-15(14)19)22-8-6-21(7-9-22)11-16-13(17(23)24)2-1-5-20-16/h1-5,10H,6-9,11H2,(H,23,24). The van der Waals surface area contributed by atoms with Crippen LogP contribution in [0.1, 0.15) is 16.1 Å². The zero-order chi connectivity index (χ0) is 17.1. The van der Waals surface area contributed by atoms with Crippen LogP contribution in [0.5, 0.6) is 0 Å². The molecule has 0 saturated carbocycles. The van der Waals surface area contributed by atoms with Gasteiger partial charge in [0.25, 0.3) is 0 Å². The van der Waals surface area contributed by atoms with Crippen LogP contribution in [0.15, 0.2) is 36.5 Å². The number of anilines is 1. The summed E-state index contributed by atoms with van der Waals surface area (Å²) in [6.07, 6.45) is 1.63. The van der Waals surface area contributed by atoms with Crippen LogP contribution < -0.4 is 4.90 Å². The van der Waals surface area contributed by atoms with Crippen LogP contribution >= 0.6 is 23.2 Å². The van der Waals surface area contributed by atoms with Crippen molar-refractivity contribution in [3.05, 3.63) is 57.8 Å². The minimum Gasteiger partial charge on any atom is -0.478 e. The van der Waals surface area contributed by atoms with Gasteiger partial charge in [-0.15, -0.1) is 0 Å². The van der Waals surface area contributed by atoms with Gasteiger partial charge in [0.05, 0.1) is 21.3 Å². The Morgan fingerprint density at radius 1 is 1.12 bits per heavy atom. The number of carboxylic acids is 1. The quantitative estimate of drug-likeness (QED) is 0.899. The van der Waals surface area contributed by atoms with Gasteiger partial charge in [-0.2, -0.15) is 0 Å². The van der Waals surface area contributed by atoms with Crippen LogP contribution in [0.4, 0.5) is 5.69 Å². The second-order valence-electron chi connectivity index (χ2n) is 5.66. The Bertz CT molecular complexity index is 746. The van der Waals surface area contributed by atoms with E-state index in [0.717, 1.165) is 31.9 Å². The fourth-order valence-corrected chi connectivity index (χ4v) is 3.11. The van der Waals surface area contributed by atoms with Crippen LogP contribution in [0.2, 0.25) is 10.0 Å². The van der Waals surface area contributed by atoms with Gasteiger partial charge < -0.3 is 10.0 Å². The van der Waals surface area contributed by atoms with Gasteiger partial charge in [-0.3, -0.25) is 9.88 Å². The lowest BCUT2D eigenvalue weighted by molar-refractivity contribution is 0.0693. The highest BCUT2D eigenvalue weighted by Crippen LogP contribution is 2.27. The summed E-state index contributed by atoms with van der Waals surface area (Å²) in [5, 5.41) is 10.3. The molecule has 1 fully saturated rings. The summed E-state index contributed by atoms with van der Waals surface area (Å²) in [5.74, 6) is -0.937. The lowest BCUT2D eigenvalue weighted by atomic mass is 10.1. The van der Waals surface area contributed by atoms with Crippen molar-refractivity contribution >= 4 is 34.9 Å². The Balaban J connectivity index is 1.63. The van der Waals surface area contributed by atoms with E-state index in [0.29, 0.717) is 22.3 Å². The fourth-order valence-electron chi connectivity index (χ4n) is 2.82. The summed E-state index contributed by atoms with van der Waals surface area (Å²) >= 11 is 12.0. The summed E-state index contributed by atoms with van der Waals surface area (Å²) in [6, 6.07) is 8.89. The maximum Gasteiger partial charge on any atom is 0.337 e. The third-order valence-corrected chi connectivity index (χ3v) is 4.87. The predicted octanol–water partition coefficient (Wildman–Crippen LogP) is 3.41. The first-order valence-corrected chi connectivity index (χ1v) is 8.40. The average Bonchev–Trinajstić information content (AvgIpc) is 2.58. The van der Waals surface area contributed by atoms with Crippen molar-refractivity contribution in [1.29, 1.82) is 0 Å². The molecule has 1 aliphatic heterocycles. The molecule has 3 rings (SSSR count). The summed E-state index contributed by atoms with van der Waals surface area (Å²) in [7, 11) is 0. The second-order valence-corrected chi connectivity index (χ2v) is 6.48. The van der Waals surface area contributed by atoms with Crippen LogP contribution in [-0.2, 0) is 6.54 Å². The molecule has 0 unspecified atom stereocenters. The van der Waals surface area contributed by atoms with Gasteiger partial charge in [-0.05, 0) is 30.3 Å². The van der Waals surface area contributed by atoms with Crippen molar-refractivity contribution in [1.82, 2.24) is 9.88 Å². The van der Waals surface area contributed by atoms with Gasteiger partial charge in [0.2, 0.25) is 0 Å². The molecule has 0 amide bonds. The molecule has 126 valence electrons. The molecule has 1 aromatic carbocycles. The van der Waals surface area contributed by atoms with Crippen molar-refractivity contribution in [3.63, 3.8) is 0 Å². The number of halogens is 2. The minimum absolute atomic E-state index is 0.268. The van der Waals surface area contributed by atoms with E-state index in [4.69, 9.17) is 23.2 Å². The molecule has 1 saturated heterocycles. The fraction of sp³-hybridized carbons (Fsp3) is 0.294. The van der Waals surface area contributed by atoms with Crippen LogP contribution in [0.25, 0.3) is 0 Å². The van der Waals surface area contributed by atoms with E-state index in [9.17, 15) is 9.90 Å². The number of piperazine rings is 1. The number of pyridine rings is 1. The van der Waals surface area contributed by atoms with Gasteiger partial charge in [-0.1, -0.05) is 23.2 Å². The maximum atomic E-state index is 11.3. The highest BCUT2D eigenvalue weighted by molar-refractivity contribution is 6.42. The van der Waals surface area contributed by atoms with Gasteiger partial charge in [-0.25, -0.2) is 4.79 Å². The van der Waals surface area contributed by atoms with Gasteiger partial charge >= 0.3 is 5.97 Å². The Labute approximate surface area is 150 Å². The topological polar surface area (TPSA) is 56.7 Å². The summed E-state index contributed by atoms with van der Waals surface area (Å²) in [6.45, 7) is 3.88. The minimum atomic E-state index is -0.937. The van der Waals surface area contributed by atoms with Gasteiger partial charge in [0, 0.05) is 44.6 Å². The first kappa shape index (κ1) is 17.0. The van der Waals surface area contributed by atoms with Crippen molar-refractivity contribution < 1.29 is 9.90 Å². The first-order valence-electron chi connectivity index (χ1n) is 7.64. The molecule has 2 aromatic rings. The van der Waals surface area contributed by atoms with Crippen molar-refractivity contribution in [2.45, 2.75) is 6.54 Å². The van der Waals surface area contributed by atoms with Crippen LogP contribution in [0.3, 0.4) is 0 Å². The highest BCUT2D eigenvalue weighted by atomic mass is 35.5. The molecule has 2 heterocycles. The van der Waals surface area contributed by atoms with Crippen molar-refractivity contribution in [2.24, 2.45) is 0 Å². The average molecular weight is 366 g/mol. The molecule has 7 heteroatoms. The number of hydrogen-bond acceptors (Lipinski definition) is 4. The maximum absolute atomic E-state index is 11.3. The van der Waals surface area contributed by atoms with E-state index in [-0.39, 0.29) is 5.56 Å². The molecule has 24 heavy (non-hydrogen) atoms. The highest BCUT2D eigenvalue weighted by Gasteiger charge is 2.20. The smallest absolute Gasteiger partial charge is 0.337 e. The number of aromatic nitrogens is 1. The van der Waals surface area contributed by atoms with Crippen molar-refractivity contribution in [2.75, 3.05) is 31.1 Å². The largest absolute Gasteiger partial charge is 0.478 e. The van der Waals surface area contributed by atoms with E-state index in [2.05, 4.69) is 14.8 Å². The first-order chi connectivity index (χ1) is 11.5. The number of carboxylic acid groups (broad SMARTS) is 1. The molecule has 1 N–H and O–H groups in total. The summed E-state index contributed by atoms with van der Waals surface area (Å²) in [4.78, 5) is 20.0. The molecule has 1 aromatic heterocycles. The van der Waals surface area contributed by atoms with Gasteiger partial charge in [0.1, 0.15) is 0 Å². The van der Waals surface area contributed by atoms with Crippen LogP contribution in [-0.4, -0.2) is 47.1 Å². The lowest BCUT2D eigenvalue weighted by Gasteiger charge is -2.36. The third kappa shape index (κ3) is 3.80. The van der Waals surface area contributed by atoms with E-state index in [1.54, 1.807) is 24.4 Å². The SMILES string of the molecule is O=C(O)c1cccnc1CN1CCN(c2ccc(Cl)c(Cl)c2)CC1. The monoisotopic (exact) mass is 365 g/mol. The molecule has 0 bridgehead atoms.